The average molecular weight is 362 g/mol. The summed E-state index contributed by atoms with van der Waals surface area (Å²) in [5.74, 6) is 0. The predicted molar refractivity (Wildman–Crippen MR) is 106 cm³/mol. The summed E-state index contributed by atoms with van der Waals surface area (Å²) in [5, 5.41) is 5.65. The number of hydrogen-bond acceptors (Lipinski definition) is 4. The Balaban J connectivity index is 1.46. The predicted octanol–water partition coefficient (Wildman–Crippen LogP) is 2.76. The number of imidazole rings is 1. The molecular weight excluding hydrogens is 340 g/mol. The number of benzene rings is 1. The third-order valence-electron chi connectivity index (χ3n) is 5.67. The van der Waals surface area contributed by atoms with Crippen LogP contribution in [0.3, 0.4) is 0 Å². The fourth-order valence-electron chi connectivity index (χ4n) is 4.42. The van der Waals surface area contributed by atoms with Gasteiger partial charge in [-0.05, 0) is 38.0 Å². The van der Waals surface area contributed by atoms with Crippen molar-refractivity contribution in [3.63, 3.8) is 0 Å². The second-order valence-electron chi connectivity index (χ2n) is 7.27. The van der Waals surface area contributed by atoms with E-state index in [0.29, 0.717) is 0 Å². The van der Waals surface area contributed by atoms with Crippen LogP contribution in [-0.4, -0.2) is 37.4 Å². The van der Waals surface area contributed by atoms with Gasteiger partial charge in [-0.3, -0.25) is 9.25 Å². The van der Waals surface area contributed by atoms with Crippen LogP contribution in [0.15, 0.2) is 41.3 Å². The third-order valence-corrected chi connectivity index (χ3v) is 5.67. The molecule has 0 unspecified atom stereocenters. The van der Waals surface area contributed by atoms with Crippen molar-refractivity contribution in [2.75, 3.05) is 18.0 Å². The summed E-state index contributed by atoms with van der Waals surface area (Å²) < 4.78 is 3.77. The first-order valence-electron chi connectivity index (χ1n) is 9.36. The summed E-state index contributed by atoms with van der Waals surface area (Å²) in [4.78, 5) is 22.3. The van der Waals surface area contributed by atoms with E-state index in [-0.39, 0.29) is 11.7 Å². The Kier molecular flexibility index (Phi) is 3.56. The Morgan fingerprint density at radius 2 is 1.93 bits per heavy atom. The number of anilines is 1. The highest BCUT2D eigenvalue weighted by Crippen LogP contribution is 2.32. The number of para-hydroxylation sites is 2. The van der Waals surface area contributed by atoms with Crippen molar-refractivity contribution in [3.8, 4) is 0 Å². The summed E-state index contributed by atoms with van der Waals surface area (Å²) in [7, 11) is 1.93. The lowest BCUT2D eigenvalue weighted by molar-refractivity contribution is 0.397. The highest BCUT2D eigenvalue weighted by molar-refractivity contribution is 5.92. The molecule has 138 valence electrons. The van der Waals surface area contributed by atoms with E-state index in [2.05, 4.69) is 26.0 Å². The van der Waals surface area contributed by atoms with Crippen LogP contribution in [0, 0.1) is 6.92 Å². The quantitative estimate of drug-likeness (QED) is 0.595. The molecule has 1 saturated heterocycles. The Hall–Kier alpha value is -3.09. The molecule has 1 aromatic carbocycles. The second-order valence-corrected chi connectivity index (χ2v) is 7.27. The van der Waals surface area contributed by atoms with Crippen LogP contribution in [0.25, 0.3) is 22.1 Å². The van der Waals surface area contributed by atoms with Crippen molar-refractivity contribution in [3.05, 3.63) is 52.7 Å². The molecular formula is C20H22N6O. The molecule has 0 bridgehead atoms. The Morgan fingerprint density at radius 3 is 2.74 bits per heavy atom. The molecule has 7 heteroatoms. The molecule has 0 atom stereocenters. The minimum atomic E-state index is -0.0101. The van der Waals surface area contributed by atoms with E-state index in [4.69, 9.17) is 0 Å². The van der Waals surface area contributed by atoms with Gasteiger partial charge >= 0.3 is 5.69 Å². The van der Waals surface area contributed by atoms with Gasteiger partial charge in [-0.15, -0.1) is 0 Å². The Labute approximate surface area is 156 Å². The smallest absolute Gasteiger partial charge is 0.326 e. The Morgan fingerprint density at radius 1 is 1.15 bits per heavy atom. The molecule has 0 aliphatic carbocycles. The molecule has 3 aromatic heterocycles. The van der Waals surface area contributed by atoms with Gasteiger partial charge in [-0.2, -0.15) is 5.10 Å². The van der Waals surface area contributed by atoms with E-state index in [0.717, 1.165) is 53.7 Å². The monoisotopic (exact) mass is 362 g/mol. The summed E-state index contributed by atoms with van der Waals surface area (Å²) in [6.45, 7) is 3.85. The Bertz CT molecular complexity index is 1190. The lowest BCUT2D eigenvalue weighted by Gasteiger charge is -2.34. The number of hydrogen-bond donors (Lipinski definition) is 1. The summed E-state index contributed by atoms with van der Waals surface area (Å²) >= 11 is 0. The fraction of sp³-hybridized carbons (Fsp3) is 0.350. The van der Waals surface area contributed by atoms with Crippen molar-refractivity contribution in [2.45, 2.75) is 25.8 Å². The summed E-state index contributed by atoms with van der Waals surface area (Å²) in [6, 6.07) is 10.2. The molecule has 5 rings (SSSR count). The first-order chi connectivity index (χ1) is 13.1. The molecule has 1 aliphatic heterocycles. The van der Waals surface area contributed by atoms with E-state index in [1.165, 1.54) is 5.69 Å². The van der Waals surface area contributed by atoms with Crippen LogP contribution in [-0.2, 0) is 7.05 Å². The van der Waals surface area contributed by atoms with Gasteiger partial charge in [-0.1, -0.05) is 12.1 Å². The highest BCUT2D eigenvalue weighted by Gasteiger charge is 2.25. The molecule has 4 heterocycles. The number of aromatic nitrogens is 5. The molecule has 1 aliphatic rings. The molecule has 1 fully saturated rings. The number of aryl methyl sites for hydroxylation is 2. The van der Waals surface area contributed by atoms with Crippen LogP contribution in [0.4, 0.5) is 5.69 Å². The largest absolute Gasteiger partial charge is 0.371 e. The normalized spacial score (nSPS) is 15.9. The van der Waals surface area contributed by atoms with Crippen molar-refractivity contribution >= 4 is 27.8 Å². The van der Waals surface area contributed by atoms with Crippen LogP contribution in [0.5, 0.6) is 0 Å². The molecule has 0 amide bonds. The molecule has 0 radical (unpaired) electrons. The van der Waals surface area contributed by atoms with E-state index in [1.807, 2.05) is 53.7 Å². The first-order valence-corrected chi connectivity index (χ1v) is 9.36. The van der Waals surface area contributed by atoms with Gasteiger partial charge in [0, 0.05) is 32.4 Å². The number of H-pyrrole nitrogens is 1. The zero-order valence-electron chi connectivity index (χ0n) is 15.5. The van der Waals surface area contributed by atoms with E-state index < -0.39 is 0 Å². The van der Waals surface area contributed by atoms with Crippen molar-refractivity contribution in [1.82, 2.24) is 24.3 Å². The SMILES string of the molecule is Cc1nn(C)c2nccc(N3CCC(n4c(=O)[nH]c5ccccc54)CC3)c12. The standard InChI is InChI=1S/C20H22N6O/c1-13-18-17(7-10-21-19(18)24(2)23-13)25-11-8-14(9-12-25)26-16-6-4-3-5-15(16)22-20(26)27/h3-7,10,14H,8-9,11-12H2,1-2H3,(H,22,27). The zero-order valence-corrected chi connectivity index (χ0v) is 15.5. The van der Waals surface area contributed by atoms with Crippen LogP contribution in [0.1, 0.15) is 24.6 Å². The van der Waals surface area contributed by atoms with Crippen molar-refractivity contribution in [2.24, 2.45) is 7.05 Å². The number of aromatic amines is 1. The van der Waals surface area contributed by atoms with Gasteiger partial charge in [-0.25, -0.2) is 9.78 Å². The van der Waals surface area contributed by atoms with E-state index in [1.54, 1.807) is 0 Å². The number of fused-ring (bicyclic) bond motifs is 2. The average Bonchev–Trinajstić information content (AvgIpc) is 3.17. The number of nitrogens with zero attached hydrogens (tertiary/aromatic N) is 5. The second kappa shape index (κ2) is 5.97. The maximum absolute atomic E-state index is 12.5. The molecule has 1 N–H and O–H groups in total. The van der Waals surface area contributed by atoms with Crippen LogP contribution in [0.2, 0.25) is 0 Å². The van der Waals surface area contributed by atoms with Gasteiger partial charge in [0.25, 0.3) is 0 Å². The molecule has 0 saturated carbocycles. The number of rotatable bonds is 2. The topological polar surface area (TPSA) is 71.7 Å². The molecule has 4 aromatic rings. The van der Waals surface area contributed by atoms with Crippen LogP contribution >= 0.6 is 0 Å². The molecule has 27 heavy (non-hydrogen) atoms. The minimum Gasteiger partial charge on any atom is -0.371 e. The summed E-state index contributed by atoms with van der Waals surface area (Å²) in [6.07, 6.45) is 3.73. The lowest BCUT2D eigenvalue weighted by atomic mass is 10.0. The highest BCUT2D eigenvalue weighted by atomic mass is 16.1. The van der Waals surface area contributed by atoms with E-state index in [9.17, 15) is 4.79 Å². The van der Waals surface area contributed by atoms with Crippen molar-refractivity contribution in [1.29, 1.82) is 0 Å². The lowest BCUT2D eigenvalue weighted by Crippen LogP contribution is -2.37. The van der Waals surface area contributed by atoms with E-state index >= 15 is 0 Å². The molecule has 0 spiro atoms. The first kappa shape index (κ1) is 16.1. The number of nitrogens with one attached hydrogen (secondary N) is 1. The van der Waals surface area contributed by atoms with Gasteiger partial charge < -0.3 is 9.88 Å². The number of pyridine rings is 1. The van der Waals surface area contributed by atoms with Gasteiger partial charge in [0.15, 0.2) is 5.65 Å². The summed E-state index contributed by atoms with van der Waals surface area (Å²) in [5.41, 5.74) is 5.01. The van der Waals surface area contributed by atoms with Crippen LogP contribution < -0.4 is 10.6 Å². The van der Waals surface area contributed by atoms with Crippen molar-refractivity contribution < 1.29 is 0 Å². The molecule has 7 nitrogen and oxygen atoms in total. The zero-order chi connectivity index (χ0) is 18.5. The van der Waals surface area contributed by atoms with Gasteiger partial charge in [0.1, 0.15) is 0 Å². The maximum atomic E-state index is 12.5. The maximum Gasteiger partial charge on any atom is 0.326 e. The van der Waals surface area contributed by atoms with Gasteiger partial charge in [0.05, 0.1) is 27.8 Å². The third kappa shape index (κ3) is 2.45. The fourth-order valence-corrected chi connectivity index (χ4v) is 4.42. The van der Waals surface area contributed by atoms with Gasteiger partial charge in [0.2, 0.25) is 0 Å². The minimum absolute atomic E-state index is 0.0101. The number of piperidine rings is 1.